The first-order chi connectivity index (χ1) is 12.9. The topological polar surface area (TPSA) is 101 Å². The number of ether oxygens (including phenoxy) is 1. The van der Waals surface area contributed by atoms with Crippen LogP contribution >= 0.6 is 0 Å². The van der Waals surface area contributed by atoms with Crippen molar-refractivity contribution in [2.45, 2.75) is 38.9 Å². The zero-order chi connectivity index (χ0) is 19.9. The Morgan fingerprint density at radius 1 is 1.30 bits per heavy atom. The minimum absolute atomic E-state index is 0.0455. The Bertz CT molecular complexity index is 935. The van der Waals surface area contributed by atoms with E-state index in [1.54, 1.807) is 24.4 Å². The number of aromatic nitrogens is 2. The first kappa shape index (κ1) is 20.6. The van der Waals surface area contributed by atoms with E-state index in [1.165, 1.54) is 24.5 Å². The molecule has 0 saturated carbocycles. The minimum Gasteiger partial charge on any atom is -0.487 e. The molecule has 144 valence electrons. The molecule has 0 aliphatic heterocycles. The van der Waals surface area contributed by atoms with Gasteiger partial charge in [-0.1, -0.05) is 11.6 Å². The van der Waals surface area contributed by atoms with E-state index in [2.05, 4.69) is 14.7 Å². The third-order valence-corrected chi connectivity index (χ3v) is 5.01. The molecule has 0 saturated heterocycles. The number of aliphatic hydroxyl groups excluding tert-OH is 1. The van der Waals surface area contributed by atoms with Gasteiger partial charge in [0, 0.05) is 17.5 Å². The molecule has 2 aromatic rings. The first-order valence-corrected chi connectivity index (χ1v) is 9.80. The van der Waals surface area contributed by atoms with Crippen molar-refractivity contribution >= 4 is 10.0 Å². The van der Waals surface area contributed by atoms with Gasteiger partial charge in [-0.25, -0.2) is 18.4 Å². The van der Waals surface area contributed by atoms with Crippen LogP contribution < -0.4 is 9.46 Å². The van der Waals surface area contributed by atoms with Gasteiger partial charge < -0.3 is 9.84 Å². The molecule has 0 bridgehead atoms. The van der Waals surface area contributed by atoms with Crippen molar-refractivity contribution in [3.05, 3.63) is 71.5 Å². The van der Waals surface area contributed by atoms with Gasteiger partial charge in [0.05, 0.1) is 17.2 Å². The van der Waals surface area contributed by atoms with Gasteiger partial charge in [0.2, 0.25) is 0 Å². The Balaban J connectivity index is 2.25. The lowest BCUT2D eigenvalue weighted by Crippen LogP contribution is -2.23. The predicted molar refractivity (Wildman–Crippen MR) is 102 cm³/mol. The molecule has 8 heteroatoms. The Hall–Kier alpha value is -2.71. The van der Waals surface area contributed by atoms with E-state index in [-0.39, 0.29) is 18.1 Å². The third kappa shape index (κ3) is 5.63. The summed E-state index contributed by atoms with van der Waals surface area (Å²) in [5.74, 6) is 0.394. The van der Waals surface area contributed by atoms with Gasteiger partial charge in [0.1, 0.15) is 18.7 Å². The molecule has 1 heterocycles. The van der Waals surface area contributed by atoms with Crippen LogP contribution in [0.5, 0.6) is 5.75 Å². The van der Waals surface area contributed by atoms with E-state index in [0.717, 1.165) is 5.57 Å². The van der Waals surface area contributed by atoms with Crippen molar-refractivity contribution in [3.63, 3.8) is 0 Å². The fourth-order valence-electron chi connectivity index (χ4n) is 2.22. The van der Waals surface area contributed by atoms with Crippen LogP contribution in [0.25, 0.3) is 0 Å². The van der Waals surface area contributed by atoms with Gasteiger partial charge in [0.15, 0.2) is 0 Å². The molecule has 0 radical (unpaired) electrons. The summed E-state index contributed by atoms with van der Waals surface area (Å²) in [4.78, 5) is 7.94. The molecule has 0 aliphatic carbocycles. The lowest BCUT2D eigenvalue weighted by atomic mass is 10.2. The van der Waals surface area contributed by atoms with Crippen molar-refractivity contribution in [2.24, 2.45) is 0 Å². The van der Waals surface area contributed by atoms with Gasteiger partial charge in [-0.2, -0.15) is 0 Å². The minimum atomic E-state index is -3.79. The summed E-state index contributed by atoms with van der Waals surface area (Å²) in [6.07, 6.45) is 6.47. The van der Waals surface area contributed by atoms with Gasteiger partial charge in [0.25, 0.3) is 10.0 Å². The maximum Gasteiger partial charge on any atom is 0.261 e. The molecule has 1 aromatic carbocycles. The number of hydrogen-bond donors (Lipinski definition) is 2. The fourth-order valence-corrected chi connectivity index (χ4v) is 3.44. The van der Waals surface area contributed by atoms with Gasteiger partial charge >= 0.3 is 0 Å². The van der Waals surface area contributed by atoms with E-state index >= 15 is 0 Å². The van der Waals surface area contributed by atoms with E-state index in [1.807, 2.05) is 20.8 Å². The molecule has 27 heavy (non-hydrogen) atoms. The Kier molecular flexibility index (Phi) is 7.09. The molecule has 1 aromatic heterocycles. The van der Waals surface area contributed by atoms with Crippen molar-refractivity contribution in [3.8, 4) is 5.75 Å². The summed E-state index contributed by atoms with van der Waals surface area (Å²) in [5, 5.41) is 9.62. The van der Waals surface area contributed by atoms with Crippen LogP contribution in [0.15, 0.2) is 65.1 Å². The lowest BCUT2D eigenvalue weighted by Gasteiger charge is -2.14. The molecule has 0 aliphatic rings. The van der Waals surface area contributed by atoms with E-state index in [0.29, 0.717) is 22.7 Å². The smallest absolute Gasteiger partial charge is 0.261 e. The predicted octanol–water partition coefficient (Wildman–Crippen LogP) is 2.70. The molecule has 7 nitrogen and oxygen atoms in total. The number of nitrogens with one attached hydrogen (secondary N) is 1. The summed E-state index contributed by atoms with van der Waals surface area (Å²) in [7, 11) is -3.79. The molecule has 2 N–H and O–H groups in total. The van der Waals surface area contributed by atoms with Crippen LogP contribution in [-0.2, 0) is 23.2 Å². The van der Waals surface area contributed by atoms with Gasteiger partial charge in [-0.15, -0.1) is 0 Å². The van der Waals surface area contributed by atoms with Crippen LogP contribution in [-0.4, -0.2) is 23.5 Å². The Labute approximate surface area is 159 Å². The standard InChI is InChI=1S/C19H23N3O4S/c1-4-5-18(14(2)3)22-27(24,25)17-6-7-19(15(10-17)11-23)26-12-16-8-9-20-13-21-16/h4-10,13,22-23H,11-12H2,1-3H3/b5-4-. The maximum atomic E-state index is 12.7. The lowest BCUT2D eigenvalue weighted by molar-refractivity contribution is 0.257. The van der Waals surface area contributed by atoms with Crippen molar-refractivity contribution in [2.75, 3.05) is 0 Å². The highest BCUT2D eigenvalue weighted by atomic mass is 32.2. The summed E-state index contributed by atoms with van der Waals surface area (Å²) >= 11 is 0. The highest BCUT2D eigenvalue weighted by molar-refractivity contribution is 7.89. The molecule has 0 unspecified atom stereocenters. The number of sulfonamides is 1. The van der Waals surface area contributed by atoms with Crippen LogP contribution in [0.3, 0.4) is 0 Å². The SMILES string of the molecule is C/C=C\C(NS(=O)(=O)c1ccc(OCc2ccncn2)c(CO)c1)=C(C)C. The molecule has 2 rings (SSSR count). The molecule has 0 fully saturated rings. The summed E-state index contributed by atoms with van der Waals surface area (Å²) in [6, 6.07) is 6.08. The van der Waals surface area contributed by atoms with E-state index in [9.17, 15) is 13.5 Å². The second kappa shape index (κ2) is 9.29. The van der Waals surface area contributed by atoms with E-state index in [4.69, 9.17) is 4.74 Å². The quantitative estimate of drug-likeness (QED) is 0.673. The van der Waals surface area contributed by atoms with Gasteiger partial charge in [-0.05, 0) is 51.1 Å². The number of rotatable bonds is 8. The second-order valence-electron chi connectivity index (χ2n) is 5.94. The van der Waals surface area contributed by atoms with Crippen LogP contribution in [0.1, 0.15) is 32.0 Å². The monoisotopic (exact) mass is 389 g/mol. The first-order valence-electron chi connectivity index (χ1n) is 8.32. The average molecular weight is 389 g/mol. The number of aliphatic hydroxyl groups is 1. The number of hydrogen-bond acceptors (Lipinski definition) is 6. The van der Waals surface area contributed by atoms with Crippen molar-refractivity contribution in [1.82, 2.24) is 14.7 Å². The highest BCUT2D eigenvalue weighted by Gasteiger charge is 2.17. The number of nitrogens with zero attached hydrogens (tertiary/aromatic N) is 2. The van der Waals surface area contributed by atoms with Crippen molar-refractivity contribution < 1.29 is 18.3 Å². The maximum absolute atomic E-state index is 12.7. The summed E-state index contributed by atoms with van der Waals surface area (Å²) in [5.41, 5.74) is 2.39. The fraction of sp³-hybridized carbons (Fsp3) is 0.263. The summed E-state index contributed by atoms with van der Waals surface area (Å²) in [6.45, 7) is 5.28. The Morgan fingerprint density at radius 3 is 2.67 bits per heavy atom. The molecule has 0 spiro atoms. The molecule has 0 atom stereocenters. The summed E-state index contributed by atoms with van der Waals surface area (Å²) < 4.78 is 33.5. The zero-order valence-corrected chi connectivity index (χ0v) is 16.3. The molecular formula is C19H23N3O4S. The number of benzene rings is 1. The van der Waals surface area contributed by atoms with E-state index < -0.39 is 10.0 Å². The van der Waals surface area contributed by atoms with Crippen LogP contribution in [0, 0.1) is 0 Å². The molecular weight excluding hydrogens is 366 g/mol. The second-order valence-corrected chi connectivity index (χ2v) is 7.62. The zero-order valence-electron chi connectivity index (χ0n) is 15.5. The van der Waals surface area contributed by atoms with Crippen LogP contribution in [0.2, 0.25) is 0 Å². The average Bonchev–Trinajstić information content (AvgIpc) is 2.66. The largest absolute Gasteiger partial charge is 0.487 e. The normalized spacial score (nSPS) is 11.4. The third-order valence-electron chi connectivity index (χ3n) is 3.65. The molecule has 0 amide bonds. The van der Waals surface area contributed by atoms with Gasteiger partial charge in [-0.3, -0.25) is 4.72 Å². The Morgan fingerprint density at radius 2 is 2.07 bits per heavy atom. The highest BCUT2D eigenvalue weighted by Crippen LogP contribution is 2.24. The van der Waals surface area contributed by atoms with Crippen molar-refractivity contribution in [1.29, 1.82) is 0 Å². The number of allylic oxidation sites excluding steroid dienone is 3. The van der Waals surface area contributed by atoms with Crippen LogP contribution in [0.4, 0.5) is 0 Å².